The van der Waals surface area contributed by atoms with Crippen LogP contribution in [0.15, 0.2) is 59.7 Å². The number of anilines is 2. The first kappa shape index (κ1) is 14.5. The van der Waals surface area contributed by atoms with Crippen LogP contribution >= 0.6 is 11.6 Å². The molecule has 2 aromatic heterocycles. The van der Waals surface area contributed by atoms with Crippen LogP contribution in [0.25, 0.3) is 22.2 Å². The predicted molar refractivity (Wildman–Crippen MR) is 94.7 cm³/mol. The molecule has 6 nitrogen and oxygen atoms in total. The van der Waals surface area contributed by atoms with Gasteiger partial charge in [0.25, 0.3) is 0 Å². The van der Waals surface area contributed by atoms with Crippen molar-refractivity contribution in [2.45, 2.75) is 0 Å². The van der Waals surface area contributed by atoms with Crippen LogP contribution in [-0.2, 0) is 0 Å². The Labute approximate surface area is 141 Å². The topological polar surface area (TPSA) is 86.5 Å². The standard InChI is InChI=1S/C17H12ClN5O/c18-12-2-1-3-13(7-12)21-16-19-8-11(9-20-16)10-4-5-14-15(6-10)23-17(24)22-14/h1-9H,(H,19,20,21)(H2,22,23,24). The maximum atomic E-state index is 11.3. The van der Waals surface area contributed by atoms with Gasteiger partial charge in [-0.15, -0.1) is 0 Å². The van der Waals surface area contributed by atoms with Crippen molar-refractivity contribution in [2.24, 2.45) is 0 Å². The molecule has 0 aliphatic carbocycles. The van der Waals surface area contributed by atoms with E-state index in [4.69, 9.17) is 11.6 Å². The summed E-state index contributed by atoms with van der Waals surface area (Å²) in [5.74, 6) is 0.483. The SMILES string of the molecule is O=c1[nH]c2ccc(-c3cnc(Nc4cccc(Cl)c4)nc3)cc2[nH]1. The number of imidazole rings is 1. The number of aromatic amines is 2. The second-order valence-electron chi connectivity index (χ2n) is 5.27. The van der Waals surface area contributed by atoms with Crippen LogP contribution in [0.3, 0.4) is 0 Å². The van der Waals surface area contributed by atoms with Crippen LogP contribution < -0.4 is 11.0 Å². The summed E-state index contributed by atoms with van der Waals surface area (Å²) in [5, 5.41) is 3.74. The Morgan fingerprint density at radius 3 is 2.50 bits per heavy atom. The van der Waals surface area contributed by atoms with E-state index in [2.05, 4.69) is 25.3 Å². The second-order valence-corrected chi connectivity index (χ2v) is 5.71. The first-order chi connectivity index (χ1) is 11.7. The van der Waals surface area contributed by atoms with Gasteiger partial charge in [-0.3, -0.25) is 0 Å². The van der Waals surface area contributed by atoms with Crippen molar-refractivity contribution in [3.63, 3.8) is 0 Å². The predicted octanol–water partition coefficient (Wildman–Crippen LogP) is 3.71. The summed E-state index contributed by atoms with van der Waals surface area (Å²) in [6.07, 6.45) is 3.46. The van der Waals surface area contributed by atoms with Gasteiger partial charge in [0.1, 0.15) is 0 Å². The van der Waals surface area contributed by atoms with Gasteiger partial charge < -0.3 is 15.3 Å². The van der Waals surface area contributed by atoms with E-state index in [0.29, 0.717) is 11.0 Å². The van der Waals surface area contributed by atoms with Gasteiger partial charge >= 0.3 is 5.69 Å². The van der Waals surface area contributed by atoms with Crippen molar-refractivity contribution in [1.82, 2.24) is 19.9 Å². The highest BCUT2D eigenvalue weighted by Gasteiger charge is 2.04. The Morgan fingerprint density at radius 2 is 1.71 bits per heavy atom. The summed E-state index contributed by atoms with van der Waals surface area (Å²) in [4.78, 5) is 25.4. The van der Waals surface area contributed by atoms with Gasteiger partial charge in [0.05, 0.1) is 11.0 Å². The Balaban J connectivity index is 1.61. The number of rotatable bonds is 3. The maximum absolute atomic E-state index is 11.3. The molecule has 0 spiro atoms. The Bertz CT molecular complexity index is 1070. The number of hydrogen-bond acceptors (Lipinski definition) is 4. The van der Waals surface area contributed by atoms with E-state index < -0.39 is 0 Å². The lowest BCUT2D eigenvalue weighted by Gasteiger charge is -2.06. The van der Waals surface area contributed by atoms with E-state index in [0.717, 1.165) is 27.8 Å². The number of benzene rings is 2. The van der Waals surface area contributed by atoms with E-state index in [1.54, 1.807) is 24.5 Å². The Morgan fingerprint density at radius 1 is 0.917 bits per heavy atom. The quantitative estimate of drug-likeness (QED) is 0.532. The second kappa shape index (κ2) is 5.82. The van der Waals surface area contributed by atoms with E-state index in [1.165, 1.54) is 0 Å². The van der Waals surface area contributed by atoms with Gasteiger partial charge in [-0.2, -0.15) is 0 Å². The minimum Gasteiger partial charge on any atom is -0.324 e. The molecule has 7 heteroatoms. The number of aromatic nitrogens is 4. The fourth-order valence-electron chi connectivity index (χ4n) is 2.45. The van der Waals surface area contributed by atoms with Crippen molar-refractivity contribution in [1.29, 1.82) is 0 Å². The Hall–Kier alpha value is -3.12. The summed E-state index contributed by atoms with van der Waals surface area (Å²) < 4.78 is 0. The maximum Gasteiger partial charge on any atom is 0.323 e. The molecule has 0 saturated heterocycles. The van der Waals surface area contributed by atoms with Gasteiger partial charge in [-0.05, 0) is 35.9 Å². The average Bonchev–Trinajstić information content (AvgIpc) is 2.95. The zero-order chi connectivity index (χ0) is 16.5. The van der Waals surface area contributed by atoms with Crippen LogP contribution in [0.2, 0.25) is 5.02 Å². The van der Waals surface area contributed by atoms with Gasteiger partial charge in [0.2, 0.25) is 5.95 Å². The molecule has 0 aliphatic heterocycles. The van der Waals surface area contributed by atoms with Crippen molar-refractivity contribution < 1.29 is 0 Å². The summed E-state index contributed by atoms with van der Waals surface area (Å²) >= 11 is 5.96. The highest BCUT2D eigenvalue weighted by atomic mass is 35.5. The molecule has 0 aliphatic rings. The van der Waals surface area contributed by atoms with E-state index in [-0.39, 0.29) is 5.69 Å². The van der Waals surface area contributed by atoms with Crippen LogP contribution in [0.4, 0.5) is 11.6 Å². The number of nitrogens with one attached hydrogen (secondary N) is 3. The molecule has 24 heavy (non-hydrogen) atoms. The zero-order valence-corrected chi connectivity index (χ0v) is 13.1. The van der Waals surface area contributed by atoms with Crippen molar-refractivity contribution >= 4 is 34.3 Å². The van der Waals surface area contributed by atoms with Crippen LogP contribution in [0, 0.1) is 0 Å². The van der Waals surface area contributed by atoms with Crippen LogP contribution in [0.5, 0.6) is 0 Å². The number of halogens is 1. The molecule has 4 rings (SSSR count). The molecule has 2 aromatic carbocycles. The molecule has 0 unspecified atom stereocenters. The van der Waals surface area contributed by atoms with Gasteiger partial charge in [-0.1, -0.05) is 23.7 Å². The first-order valence-electron chi connectivity index (χ1n) is 7.24. The zero-order valence-electron chi connectivity index (χ0n) is 12.4. The third-order valence-corrected chi connectivity index (χ3v) is 3.82. The molecule has 118 valence electrons. The molecule has 0 amide bonds. The average molecular weight is 338 g/mol. The molecule has 3 N–H and O–H groups in total. The number of nitrogens with zero attached hydrogens (tertiary/aromatic N) is 2. The fourth-order valence-corrected chi connectivity index (χ4v) is 2.64. The summed E-state index contributed by atoms with van der Waals surface area (Å²) in [7, 11) is 0. The lowest BCUT2D eigenvalue weighted by molar-refractivity contribution is 1.17. The lowest BCUT2D eigenvalue weighted by atomic mass is 10.1. The minimum atomic E-state index is -0.223. The molecule has 0 atom stereocenters. The normalized spacial score (nSPS) is 10.9. The van der Waals surface area contributed by atoms with Crippen LogP contribution in [0.1, 0.15) is 0 Å². The number of fused-ring (bicyclic) bond motifs is 1. The van der Waals surface area contributed by atoms with Gasteiger partial charge in [0.15, 0.2) is 0 Å². The summed E-state index contributed by atoms with van der Waals surface area (Å²) in [6, 6.07) is 13.0. The molecule has 4 aromatic rings. The third kappa shape index (κ3) is 2.87. The van der Waals surface area contributed by atoms with Gasteiger partial charge in [0, 0.05) is 28.7 Å². The lowest BCUT2D eigenvalue weighted by Crippen LogP contribution is -1.99. The highest BCUT2D eigenvalue weighted by molar-refractivity contribution is 6.30. The Kier molecular flexibility index (Phi) is 3.51. The van der Waals surface area contributed by atoms with E-state index in [1.807, 2.05) is 30.3 Å². The molecule has 0 radical (unpaired) electrons. The molecular weight excluding hydrogens is 326 g/mol. The highest BCUT2D eigenvalue weighted by Crippen LogP contribution is 2.22. The largest absolute Gasteiger partial charge is 0.324 e. The summed E-state index contributed by atoms with van der Waals surface area (Å²) in [6.45, 7) is 0. The van der Waals surface area contributed by atoms with E-state index in [9.17, 15) is 4.79 Å². The molecule has 0 fully saturated rings. The first-order valence-corrected chi connectivity index (χ1v) is 7.62. The fraction of sp³-hybridized carbons (Fsp3) is 0. The van der Waals surface area contributed by atoms with Gasteiger partial charge in [-0.25, -0.2) is 14.8 Å². The minimum absolute atomic E-state index is 0.223. The van der Waals surface area contributed by atoms with Crippen molar-refractivity contribution in [3.8, 4) is 11.1 Å². The smallest absolute Gasteiger partial charge is 0.323 e. The van der Waals surface area contributed by atoms with E-state index >= 15 is 0 Å². The molecule has 0 saturated carbocycles. The molecular formula is C17H12ClN5O. The van der Waals surface area contributed by atoms with Crippen LogP contribution in [-0.4, -0.2) is 19.9 Å². The van der Waals surface area contributed by atoms with Crippen molar-refractivity contribution in [2.75, 3.05) is 5.32 Å². The molecule has 2 heterocycles. The van der Waals surface area contributed by atoms with Crippen molar-refractivity contribution in [3.05, 3.63) is 70.4 Å². The third-order valence-electron chi connectivity index (χ3n) is 3.58. The monoisotopic (exact) mass is 337 g/mol. The summed E-state index contributed by atoms with van der Waals surface area (Å²) in [5.41, 5.74) is 3.89. The molecule has 0 bridgehead atoms. The number of hydrogen-bond donors (Lipinski definition) is 3. The number of H-pyrrole nitrogens is 2.